The van der Waals surface area contributed by atoms with E-state index in [2.05, 4.69) is 26.0 Å². The molecule has 15 heavy (non-hydrogen) atoms. The third kappa shape index (κ3) is 1.93. The lowest BCUT2D eigenvalue weighted by atomic mass is 9.84. The molecule has 82 valence electrons. The van der Waals surface area contributed by atoms with Crippen molar-refractivity contribution in [2.24, 2.45) is 5.73 Å². The van der Waals surface area contributed by atoms with Crippen LogP contribution in [-0.4, -0.2) is 0 Å². The summed E-state index contributed by atoms with van der Waals surface area (Å²) in [6.07, 6.45) is 5.90. The molecule has 1 aromatic rings. The van der Waals surface area contributed by atoms with Crippen LogP contribution < -0.4 is 5.73 Å². The summed E-state index contributed by atoms with van der Waals surface area (Å²) in [5, 5.41) is 0. The van der Waals surface area contributed by atoms with Crippen molar-refractivity contribution in [3.63, 3.8) is 0 Å². The predicted octanol–water partition coefficient (Wildman–Crippen LogP) is 3.15. The van der Waals surface area contributed by atoms with Crippen LogP contribution in [0.15, 0.2) is 12.1 Å². The molecule has 0 aliphatic heterocycles. The third-order valence-corrected chi connectivity index (χ3v) is 3.58. The average molecular weight is 203 g/mol. The maximum absolute atomic E-state index is 6.16. The molecule has 1 heteroatoms. The summed E-state index contributed by atoms with van der Waals surface area (Å²) in [5.74, 6) is 0. The van der Waals surface area contributed by atoms with Gasteiger partial charge in [0.25, 0.3) is 0 Å². The number of hydrogen-bond acceptors (Lipinski definition) is 1. The molecule has 0 bridgehead atoms. The van der Waals surface area contributed by atoms with Crippen LogP contribution in [0.5, 0.6) is 0 Å². The number of rotatable bonds is 2. The van der Waals surface area contributed by atoms with Crippen LogP contribution in [0, 0.1) is 0 Å². The van der Waals surface area contributed by atoms with Crippen molar-refractivity contribution in [2.45, 2.75) is 52.0 Å². The summed E-state index contributed by atoms with van der Waals surface area (Å²) in [4.78, 5) is 0. The quantitative estimate of drug-likeness (QED) is 0.785. The van der Waals surface area contributed by atoms with Gasteiger partial charge in [0.05, 0.1) is 0 Å². The van der Waals surface area contributed by atoms with E-state index in [-0.39, 0.29) is 6.04 Å². The van der Waals surface area contributed by atoms with Crippen LogP contribution in [0.3, 0.4) is 0 Å². The minimum absolute atomic E-state index is 0.282. The maximum atomic E-state index is 6.16. The minimum Gasteiger partial charge on any atom is -0.324 e. The zero-order chi connectivity index (χ0) is 10.8. The van der Waals surface area contributed by atoms with Crippen molar-refractivity contribution in [1.29, 1.82) is 0 Å². The van der Waals surface area contributed by atoms with Gasteiger partial charge in [-0.2, -0.15) is 0 Å². The van der Waals surface area contributed by atoms with Crippen molar-refractivity contribution >= 4 is 0 Å². The largest absolute Gasteiger partial charge is 0.324 e. The highest BCUT2D eigenvalue weighted by molar-refractivity contribution is 5.41. The van der Waals surface area contributed by atoms with Gasteiger partial charge in [0, 0.05) is 6.04 Å². The zero-order valence-electron chi connectivity index (χ0n) is 9.84. The number of nitrogens with two attached hydrogens (primary N) is 1. The van der Waals surface area contributed by atoms with E-state index in [0.29, 0.717) is 0 Å². The molecule has 2 N–H and O–H groups in total. The molecule has 1 aliphatic rings. The van der Waals surface area contributed by atoms with Gasteiger partial charge in [-0.15, -0.1) is 0 Å². The van der Waals surface area contributed by atoms with E-state index in [0.717, 1.165) is 19.3 Å². The molecule has 0 saturated carbocycles. The topological polar surface area (TPSA) is 26.0 Å². The molecule has 1 nitrogen and oxygen atoms in total. The molecular formula is C14H21N. The summed E-state index contributed by atoms with van der Waals surface area (Å²) in [6.45, 7) is 4.47. The van der Waals surface area contributed by atoms with Gasteiger partial charge in [0.15, 0.2) is 0 Å². The average Bonchev–Trinajstić information content (AvgIpc) is 2.28. The number of fused-ring (bicyclic) bond motifs is 1. The first-order valence-electron chi connectivity index (χ1n) is 6.16. The summed E-state index contributed by atoms with van der Waals surface area (Å²) < 4.78 is 0. The summed E-state index contributed by atoms with van der Waals surface area (Å²) in [7, 11) is 0. The molecule has 2 rings (SSSR count). The first-order valence-corrected chi connectivity index (χ1v) is 6.16. The van der Waals surface area contributed by atoms with Gasteiger partial charge in [0.2, 0.25) is 0 Å². The molecule has 0 aromatic heterocycles. The monoisotopic (exact) mass is 203 g/mol. The Balaban J connectivity index is 2.48. The van der Waals surface area contributed by atoms with Crippen molar-refractivity contribution in [1.82, 2.24) is 0 Å². The van der Waals surface area contributed by atoms with Gasteiger partial charge in [0.1, 0.15) is 0 Å². The lowest BCUT2D eigenvalue weighted by Crippen LogP contribution is -2.18. The second-order valence-electron chi connectivity index (χ2n) is 4.53. The number of hydrogen-bond donors (Lipinski definition) is 1. The Hall–Kier alpha value is -0.820. The van der Waals surface area contributed by atoms with E-state index in [1.807, 2.05) is 0 Å². The Morgan fingerprint density at radius 3 is 2.53 bits per heavy atom. The second kappa shape index (κ2) is 4.36. The van der Waals surface area contributed by atoms with Gasteiger partial charge >= 0.3 is 0 Å². The minimum atomic E-state index is 0.282. The molecule has 0 radical (unpaired) electrons. The Bertz CT molecular complexity index is 355. The van der Waals surface area contributed by atoms with Crippen LogP contribution in [0.2, 0.25) is 0 Å². The third-order valence-electron chi connectivity index (χ3n) is 3.58. The standard InChI is InChI=1S/C14H21N/c1-3-10-8-12-6-5-7-14(15)13(12)9-11(10)4-2/h8-9,14H,3-7,15H2,1-2H3. The van der Waals surface area contributed by atoms with Gasteiger partial charge in [-0.05, 0) is 54.4 Å². The second-order valence-corrected chi connectivity index (χ2v) is 4.53. The fourth-order valence-corrected chi connectivity index (χ4v) is 2.65. The molecule has 1 atom stereocenters. The van der Waals surface area contributed by atoms with E-state index in [4.69, 9.17) is 5.73 Å². The normalized spacial score (nSPS) is 20.1. The van der Waals surface area contributed by atoms with Crippen LogP contribution in [0.4, 0.5) is 0 Å². The lowest BCUT2D eigenvalue weighted by Gasteiger charge is -2.24. The van der Waals surface area contributed by atoms with Gasteiger partial charge in [-0.25, -0.2) is 0 Å². The first kappa shape index (κ1) is 10.7. The molecule has 1 aromatic carbocycles. The highest BCUT2D eigenvalue weighted by atomic mass is 14.6. The molecule has 1 unspecified atom stereocenters. The summed E-state index contributed by atoms with van der Waals surface area (Å²) >= 11 is 0. The Labute approximate surface area is 92.7 Å². The lowest BCUT2D eigenvalue weighted by molar-refractivity contribution is 0.569. The zero-order valence-corrected chi connectivity index (χ0v) is 9.84. The van der Waals surface area contributed by atoms with Crippen molar-refractivity contribution < 1.29 is 0 Å². The van der Waals surface area contributed by atoms with Crippen molar-refractivity contribution in [3.8, 4) is 0 Å². The maximum Gasteiger partial charge on any atom is 0.0297 e. The fraction of sp³-hybridized carbons (Fsp3) is 0.571. The van der Waals surface area contributed by atoms with E-state index in [1.54, 1.807) is 0 Å². The van der Waals surface area contributed by atoms with Crippen LogP contribution in [-0.2, 0) is 19.3 Å². The smallest absolute Gasteiger partial charge is 0.0297 e. The predicted molar refractivity (Wildman–Crippen MR) is 65.1 cm³/mol. The van der Waals surface area contributed by atoms with Crippen LogP contribution >= 0.6 is 0 Å². The summed E-state index contributed by atoms with van der Waals surface area (Å²) in [6, 6.07) is 5.04. The van der Waals surface area contributed by atoms with Gasteiger partial charge in [-0.1, -0.05) is 26.0 Å². The van der Waals surface area contributed by atoms with Crippen LogP contribution in [0.25, 0.3) is 0 Å². The van der Waals surface area contributed by atoms with Crippen LogP contribution in [0.1, 0.15) is 55.0 Å². The van der Waals surface area contributed by atoms with E-state index in [9.17, 15) is 0 Å². The van der Waals surface area contributed by atoms with Gasteiger partial charge < -0.3 is 5.73 Å². The molecule has 0 amide bonds. The summed E-state index contributed by atoms with van der Waals surface area (Å²) in [5.41, 5.74) is 12.1. The fourth-order valence-electron chi connectivity index (χ4n) is 2.65. The molecule has 0 saturated heterocycles. The van der Waals surface area contributed by atoms with Gasteiger partial charge in [-0.3, -0.25) is 0 Å². The van der Waals surface area contributed by atoms with Crippen molar-refractivity contribution in [2.75, 3.05) is 0 Å². The number of aryl methyl sites for hydroxylation is 3. The molecule has 0 spiro atoms. The molecule has 1 aliphatic carbocycles. The van der Waals surface area contributed by atoms with E-state index >= 15 is 0 Å². The number of benzene rings is 1. The Kier molecular flexibility index (Phi) is 3.11. The Morgan fingerprint density at radius 2 is 1.87 bits per heavy atom. The molecular weight excluding hydrogens is 182 g/mol. The van der Waals surface area contributed by atoms with E-state index in [1.165, 1.54) is 35.1 Å². The SMILES string of the molecule is CCc1cc2c(cc1CC)C(N)CCC2. The highest BCUT2D eigenvalue weighted by Crippen LogP contribution is 2.30. The Morgan fingerprint density at radius 1 is 1.20 bits per heavy atom. The molecule has 0 heterocycles. The first-order chi connectivity index (χ1) is 7.26. The molecule has 0 fully saturated rings. The van der Waals surface area contributed by atoms with E-state index < -0.39 is 0 Å². The highest BCUT2D eigenvalue weighted by Gasteiger charge is 2.18. The van der Waals surface area contributed by atoms with Crippen molar-refractivity contribution in [3.05, 3.63) is 34.4 Å².